The fraction of sp³-hybridized carbons (Fsp3) is 0. The van der Waals surface area contributed by atoms with Gasteiger partial charge in [-0.2, -0.15) is 0 Å². The standard InChI is InChI=1S/C12HBCl10O3/c14-1-3(16)7(20)11(8(21)4(1)17)25-13(24)26-12-9(22)5(18)2(15)6(19)10(12)23/h24H. The second-order valence-electron chi connectivity index (χ2n) is 4.34. The van der Waals surface area contributed by atoms with E-state index in [-0.39, 0.29) is 61.7 Å². The zero-order valence-corrected chi connectivity index (χ0v) is 19.2. The highest BCUT2D eigenvalue weighted by Crippen LogP contribution is 2.50. The van der Waals surface area contributed by atoms with Crippen LogP contribution in [0.3, 0.4) is 0 Å². The molecule has 0 saturated carbocycles. The summed E-state index contributed by atoms with van der Waals surface area (Å²) in [5, 5.41) is 8.46. The van der Waals surface area contributed by atoms with Gasteiger partial charge in [0.25, 0.3) is 0 Å². The van der Waals surface area contributed by atoms with Crippen LogP contribution >= 0.6 is 116 Å². The second kappa shape index (κ2) is 9.19. The van der Waals surface area contributed by atoms with Crippen molar-refractivity contribution in [1.29, 1.82) is 0 Å². The molecule has 0 aliphatic carbocycles. The lowest BCUT2D eigenvalue weighted by molar-refractivity contribution is 0.298. The minimum absolute atomic E-state index is 0.0894. The summed E-state index contributed by atoms with van der Waals surface area (Å²) in [6.45, 7) is 0. The van der Waals surface area contributed by atoms with E-state index in [1.165, 1.54) is 0 Å². The van der Waals surface area contributed by atoms with Crippen molar-refractivity contribution < 1.29 is 14.3 Å². The zero-order chi connectivity index (χ0) is 19.9. The maximum absolute atomic E-state index is 10.0. The molecule has 26 heavy (non-hydrogen) atoms. The van der Waals surface area contributed by atoms with Crippen LogP contribution < -0.4 is 9.31 Å². The average molecular weight is 558 g/mol. The van der Waals surface area contributed by atoms with Gasteiger partial charge in [0.2, 0.25) is 0 Å². The molecule has 2 aromatic rings. The molecule has 0 aliphatic heterocycles. The Hall–Kier alpha value is 0.965. The Kier molecular flexibility index (Phi) is 8.22. The van der Waals surface area contributed by atoms with Gasteiger partial charge in [0.1, 0.15) is 31.6 Å². The van der Waals surface area contributed by atoms with Crippen LogP contribution in [0, 0.1) is 0 Å². The third-order valence-electron chi connectivity index (χ3n) is 2.78. The number of rotatable bonds is 4. The maximum atomic E-state index is 10.0. The molecule has 0 fully saturated rings. The lowest BCUT2D eigenvalue weighted by Gasteiger charge is -2.18. The van der Waals surface area contributed by atoms with Crippen molar-refractivity contribution in [3.05, 3.63) is 50.2 Å². The van der Waals surface area contributed by atoms with Crippen molar-refractivity contribution in [2.75, 3.05) is 0 Å². The molecule has 14 heteroatoms. The van der Waals surface area contributed by atoms with Gasteiger partial charge in [0, 0.05) is 0 Å². The molecule has 0 aliphatic rings. The highest BCUT2D eigenvalue weighted by Gasteiger charge is 2.31. The van der Waals surface area contributed by atoms with Gasteiger partial charge in [-0.05, 0) is 0 Å². The molecule has 0 atom stereocenters. The van der Waals surface area contributed by atoms with Gasteiger partial charge in [-0.25, -0.2) is 0 Å². The van der Waals surface area contributed by atoms with E-state index in [4.69, 9.17) is 125 Å². The van der Waals surface area contributed by atoms with E-state index in [9.17, 15) is 5.02 Å². The van der Waals surface area contributed by atoms with Gasteiger partial charge in [0.05, 0.1) is 30.1 Å². The highest BCUT2D eigenvalue weighted by atomic mass is 35.5. The summed E-state index contributed by atoms with van der Waals surface area (Å²) in [4.78, 5) is 0. The first kappa shape index (κ1) is 23.2. The summed E-state index contributed by atoms with van der Waals surface area (Å²) in [6, 6.07) is 0. The summed E-state index contributed by atoms with van der Waals surface area (Å²) in [6.07, 6.45) is 0. The van der Waals surface area contributed by atoms with E-state index in [0.717, 1.165) is 0 Å². The molecule has 1 N–H and O–H groups in total. The summed E-state index contributed by atoms with van der Waals surface area (Å²) in [5.74, 6) is -0.586. The molecule has 0 amide bonds. The Balaban J connectivity index is 2.39. The van der Waals surface area contributed by atoms with Gasteiger partial charge in [0.15, 0.2) is 0 Å². The van der Waals surface area contributed by atoms with E-state index in [2.05, 4.69) is 0 Å². The lowest BCUT2D eigenvalue weighted by Crippen LogP contribution is -2.30. The van der Waals surface area contributed by atoms with Crippen molar-refractivity contribution in [3.63, 3.8) is 0 Å². The third-order valence-corrected chi connectivity index (χ3v) is 7.26. The van der Waals surface area contributed by atoms with Crippen LogP contribution in [0.25, 0.3) is 0 Å². The van der Waals surface area contributed by atoms with Crippen molar-refractivity contribution in [2.24, 2.45) is 0 Å². The number of halogens is 10. The zero-order valence-electron chi connectivity index (χ0n) is 11.6. The molecule has 140 valence electrons. The summed E-state index contributed by atoms with van der Waals surface area (Å²) in [5.41, 5.74) is 0. The van der Waals surface area contributed by atoms with Crippen LogP contribution in [0.2, 0.25) is 50.2 Å². The van der Waals surface area contributed by atoms with E-state index in [1.807, 2.05) is 0 Å². The van der Waals surface area contributed by atoms with Crippen molar-refractivity contribution in [1.82, 2.24) is 0 Å². The molecule has 3 nitrogen and oxygen atoms in total. The maximum Gasteiger partial charge on any atom is 0.785 e. The molecule has 0 radical (unpaired) electrons. The third kappa shape index (κ3) is 4.42. The van der Waals surface area contributed by atoms with E-state index in [0.29, 0.717) is 0 Å². The topological polar surface area (TPSA) is 38.7 Å². The molecular formula is C12HBCl10O3. The number of benzene rings is 2. The predicted molar refractivity (Wildman–Crippen MR) is 112 cm³/mol. The van der Waals surface area contributed by atoms with Crippen LogP contribution in [0.15, 0.2) is 0 Å². The van der Waals surface area contributed by atoms with Gasteiger partial charge in [-0.1, -0.05) is 116 Å². The average Bonchev–Trinajstić information content (AvgIpc) is 2.62. The molecule has 0 saturated heterocycles. The van der Waals surface area contributed by atoms with E-state index < -0.39 is 7.32 Å². The van der Waals surface area contributed by atoms with Gasteiger partial charge >= 0.3 is 7.32 Å². The fourth-order valence-corrected chi connectivity index (χ4v) is 4.02. The number of hydrogen-bond donors (Lipinski definition) is 1. The first-order valence-electron chi connectivity index (χ1n) is 6.03. The Labute approximate surface area is 197 Å². The summed E-state index contributed by atoms with van der Waals surface area (Å²) < 4.78 is 10.2. The van der Waals surface area contributed by atoms with Crippen LogP contribution in [0.5, 0.6) is 11.5 Å². The highest BCUT2D eigenvalue weighted by molar-refractivity contribution is 6.57. The first-order chi connectivity index (χ1) is 12.0. The number of hydrogen-bond acceptors (Lipinski definition) is 3. The van der Waals surface area contributed by atoms with E-state index >= 15 is 0 Å². The first-order valence-corrected chi connectivity index (χ1v) is 9.81. The van der Waals surface area contributed by atoms with Crippen LogP contribution in [0.4, 0.5) is 0 Å². The van der Waals surface area contributed by atoms with Gasteiger partial charge in [-0.15, -0.1) is 0 Å². The summed E-state index contributed by atoms with van der Waals surface area (Å²) >= 11 is 59.3. The van der Waals surface area contributed by atoms with Gasteiger partial charge in [-0.3, -0.25) is 0 Å². The van der Waals surface area contributed by atoms with E-state index in [1.54, 1.807) is 0 Å². The Bertz CT molecular complexity index is 761. The lowest BCUT2D eigenvalue weighted by atomic mass is 10.2. The Morgan fingerprint density at radius 1 is 0.423 bits per heavy atom. The molecular weight excluding hydrogens is 557 g/mol. The Morgan fingerprint density at radius 3 is 0.846 bits per heavy atom. The van der Waals surface area contributed by atoms with Crippen molar-refractivity contribution >= 4 is 123 Å². The molecule has 2 aromatic carbocycles. The largest absolute Gasteiger partial charge is 0.785 e. The molecule has 0 bridgehead atoms. The second-order valence-corrected chi connectivity index (χ2v) is 8.12. The van der Waals surface area contributed by atoms with Gasteiger partial charge < -0.3 is 14.3 Å². The Morgan fingerprint density at radius 2 is 0.615 bits per heavy atom. The monoisotopic (exact) mass is 554 g/mol. The van der Waals surface area contributed by atoms with Crippen LogP contribution in [-0.4, -0.2) is 12.3 Å². The predicted octanol–water partition coefficient (Wildman–Crippen LogP) is 8.66. The normalized spacial score (nSPS) is 10.9. The molecule has 0 heterocycles. The molecule has 0 aromatic heterocycles. The van der Waals surface area contributed by atoms with Crippen LogP contribution in [-0.2, 0) is 0 Å². The van der Waals surface area contributed by atoms with Crippen molar-refractivity contribution in [3.8, 4) is 11.5 Å². The fourth-order valence-electron chi connectivity index (χ4n) is 1.60. The van der Waals surface area contributed by atoms with Crippen molar-refractivity contribution in [2.45, 2.75) is 0 Å². The molecule has 0 spiro atoms. The molecule has 2 rings (SSSR count). The molecule has 0 unspecified atom stereocenters. The SMILES string of the molecule is OB(Oc1c(Cl)c(Cl)c(Cl)c(Cl)c1Cl)Oc1c(Cl)c(Cl)c(Cl)c(Cl)c1Cl. The quantitative estimate of drug-likeness (QED) is 0.232. The minimum atomic E-state index is -2.01. The van der Waals surface area contributed by atoms with Crippen LogP contribution in [0.1, 0.15) is 0 Å². The minimum Gasteiger partial charge on any atom is -0.498 e. The smallest absolute Gasteiger partial charge is 0.498 e. The summed E-state index contributed by atoms with van der Waals surface area (Å²) in [7, 11) is -2.01.